The van der Waals surface area contributed by atoms with Gasteiger partial charge in [0.2, 0.25) is 0 Å². The zero-order chi connectivity index (χ0) is 23.6. The highest BCUT2D eigenvalue weighted by atomic mass is 19.4. The second kappa shape index (κ2) is 6.35. The predicted molar refractivity (Wildman–Crippen MR) is 49.6 cm³/mol. The summed E-state index contributed by atoms with van der Waals surface area (Å²) < 4.78 is 225. The Balaban J connectivity index is 6.50. The third-order valence-corrected chi connectivity index (χ3v) is 3.10. The molecule has 0 aliphatic rings. The molecule has 170 valence electrons. The number of halogens is 18. The molecule has 0 aromatic heterocycles. The maximum atomic E-state index is 13.2. The third-order valence-electron chi connectivity index (χ3n) is 3.10. The summed E-state index contributed by atoms with van der Waals surface area (Å²) in [5, 5.41) is 0. The average Bonchev–Trinajstić information content (AvgIpc) is 2.42. The van der Waals surface area contributed by atoms with Crippen LogP contribution in [0.25, 0.3) is 0 Å². The van der Waals surface area contributed by atoms with Crippen molar-refractivity contribution in [3.63, 3.8) is 0 Å². The standard InChI is InChI=1S/C9H3F18N/c1-28(8(24,25)4(14,15)2(10,11)6(18,19)20)9(26,27)5(16,17)3(12,13)7(21,22)23/h1H3. The molecule has 0 bridgehead atoms. The molecule has 0 radical (unpaired) electrons. The molecule has 0 rings (SSSR count). The van der Waals surface area contributed by atoms with E-state index in [0.717, 1.165) is 0 Å². The minimum absolute atomic E-state index is 1.50. The first-order chi connectivity index (χ1) is 11.7. The Bertz CT molecular complexity index is 517. The van der Waals surface area contributed by atoms with Crippen LogP contribution in [-0.2, 0) is 0 Å². The van der Waals surface area contributed by atoms with E-state index >= 15 is 0 Å². The van der Waals surface area contributed by atoms with Gasteiger partial charge in [-0.3, -0.25) is 0 Å². The van der Waals surface area contributed by atoms with Crippen LogP contribution < -0.4 is 0 Å². The molecular formula is C9H3F18N. The fraction of sp³-hybridized carbons (Fsp3) is 1.00. The quantitative estimate of drug-likeness (QED) is 0.355. The molecule has 1 nitrogen and oxygen atoms in total. The van der Waals surface area contributed by atoms with Crippen molar-refractivity contribution in [3.8, 4) is 0 Å². The van der Waals surface area contributed by atoms with E-state index in [1.165, 1.54) is 0 Å². The largest absolute Gasteiger partial charge is 0.460 e. The number of alkyl halides is 18. The van der Waals surface area contributed by atoms with Crippen LogP contribution in [0.3, 0.4) is 0 Å². The highest BCUT2D eigenvalue weighted by Crippen LogP contribution is 2.59. The second-order valence-electron chi connectivity index (χ2n) is 4.93. The van der Waals surface area contributed by atoms with Crippen LogP contribution in [-0.4, -0.2) is 60.1 Å². The zero-order valence-electron chi connectivity index (χ0n) is 12.3. The molecule has 0 saturated heterocycles. The van der Waals surface area contributed by atoms with Gasteiger partial charge >= 0.3 is 48.1 Å². The average molecular weight is 467 g/mol. The van der Waals surface area contributed by atoms with Gasteiger partial charge in [-0.25, -0.2) is 0 Å². The molecule has 0 N–H and O–H groups in total. The number of hydrogen-bond acceptors (Lipinski definition) is 1. The van der Waals surface area contributed by atoms with Crippen LogP contribution in [0.4, 0.5) is 79.0 Å². The Morgan fingerprint density at radius 2 is 0.536 bits per heavy atom. The highest BCUT2D eigenvalue weighted by Gasteiger charge is 2.89. The van der Waals surface area contributed by atoms with E-state index in [9.17, 15) is 79.0 Å². The van der Waals surface area contributed by atoms with Gasteiger partial charge in [0.1, 0.15) is 0 Å². The summed E-state index contributed by atoms with van der Waals surface area (Å²) in [4.78, 5) is -3.43. The third kappa shape index (κ3) is 3.31. The van der Waals surface area contributed by atoms with E-state index in [1.807, 2.05) is 0 Å². The predicted octanol–water partition coefficient (Wildman–Crippen LogP) is 5.77. The van der Waals surface area contributed by atoms with Crippen molar-refractivity contribution < 1.29 is 79.0 Å². The fourth-order valence-corrected chi connectivity index (χ4v) is 1.33. The molecule has 0 atom stereocenters. The summed E-state index contributed by atoms with van der Waals surface area (Å²) >= 11 is 0. The Morgan fingerprint density at radius 3 is 0.679 bits per heavy atom. The van der Waals surface area contributed by atoms with Crippen LogP contribution in [0, 0.1) is 0 Å². The van der Waals surface area contributed by atoms with Crippen LogP contribution in [0.1, 0.15) is 0 Å². The van der Waals surface area contributed by atoms with Crippen LogP contribution in [0.2, 0.25) is 0 Å². The fourth-order valence-electron chi connectivity index (χ4n) is 1.33. The van der Waals surface area contributed by atoms with Crippen molar-refractivity contribution in [1.82, 2.24) is 4.90 Å². The van der Waals surface area contributed by atoms with Gasteiger partial charge in [-0.15, -0.1) is 0 Å². The Hall–Kier alpha value is -1.30. The van der Waals surface area contributed by atoms with Crippen molar-refractivity contribution >= 4 is 0 Å². The molecule has 0 aromatic rings. The second-order valence-corrected chi connectivity index (χ2v) is 4.93. The van der Waals surface area contributed by atoms with Gasteiger partial charge in [-0.2, -0.15) is 83.9 Å². The SMILES string of the molecule is CN(C(F)(F)C(F)(F)C(F)(F)C(F)(F)F)C(F)(F)C(F)(F)C(F)(F)C(F)(F)F. The van der Waals surface area contributed by atoms with Gasteiger partial charge in [0, 0.05) is 0 Å². The topological polar surface area (TPSA) is 3.24 Å². The number of nitrogens with zero attached hydrogens (tertiary/aromatic N) is 1. The summed E-state index contributed by atoms with van der Waals surface area (Å²) in [7, 11) is -1.50. The number of hydrogen-bond donors (Lipinski definition) is 0. The summed E-state index contributed by atoms with van der Waals surface area (Å²) in [5.41, 5.74) is 0. The lowest BCUT2D eigenvalue weighted by molar-refractivity contribution is -0.468. The maximum Gasteiger partial charge on any atom is 0.460 e. The van der Waals surface area contributed by atoms with Crippen molar-refractivity contribution in [2.75, 3.05) is 7.05 Å². The molecule has 0 heterocycles. The molecule has 0 aromatic carbocycles. The minimum atomic E-state index is -8.03. The van der Waals surface area contributed by atoms with Crippen LogP contribution >= 0.6 is 0 Å². The first-order valence-electron chi connectivity index (χ1n) is 5.80. The minimum Gasteiger partial charge on any atom is -0.191 e. The molecule has 0 spiro atoms. The first kappa shape index (κ1) is 26.7. The maximum absolute atomic E-state index is 13.2. The lowest BCUT2D eigenvalue weighted by Gasteiger charge is -2.43. The van der Waals surface area contributed by atoms with Crippen molar-refractivity contribution in [1.29, 1.82) is 0 Å². The van der Waals surface area contributed by atoms with E-state index < -0.39 is 60.1 Å². The molecule has 28 heavy (non-hydrogen) atoms. The van der Waals surface area contributed by atoms with Gasteiger partial charge in [-0.1, -0.05) is 0 Å². The smallest absolute Gasteiger partial charge is 0.191 e. The monoisotopic (exact) mass is 467 g/mol. The zero-order valence-corrected chi connectivity index (χ0v) is 12.3. The Labute approximate surface area is 140 Å². The summed E-state index contributed by atoms with van der Waals surface area (Å²) in [5.74, 6) is -31.9. The molecule has 0 unspecified atom stereocenters. The molecule has 0 saturated carbocycles. The molecule has 0 aliphatic carbocycles. The normalized spacial score (nSPS) is 16.7. The van der Waals surface area contributed by atoms with Gasteiger partial charge in [0.25, 0.3) is 0 Å². The van der Waals surface area contributed by atoms with Crippen molar-refractivity contribution in [2.24, 2.45) is 0 Å². The summed E-state index contributed by atoms with van der Waals surface area (Å²) in [6.45, 7) is 0. The molecule has 0 fully saturated rings. The molecule has 0 amide bonds. The van der Waals surface area contributed by atoms with Crippen molar-refractivity contribution in [3.05, 3.63) is 0 Å². The highest BCUT2D eigenvalue weighted by molar-refractivity contribution is 5.05. The Morgan fingerprint density at radius 1 is 0.357 bits per heavy atom. The first-order valence-corrected chi connectivity index (χ1v) is 5.80. The molecule has 0 aliphatic heterocycles. The van der Waals surface area contributed by atoms with Crippen LogP contribution in [0.5, 0.6) is 0 Å². The molecule has 19 heteroatoms. The summed E-state index contributed by atoms with van der Waals surface area (Å²) in [6, 6.07) is -15.4. The Kier molecular flexibility index (Phi) is 6.05. The van der Waals surface area contributed by atoms with E-state index in [2.05, 4.69) is 0 Å². The lowest BCUT2D eigenvalue weighted by Crippen LogP contribution is -2.73. The van der Waals surface area contributed by atoms with E-state index in [1.54, 1.807) is 0 Å². The van der Waals surface area contributed by atoms with Gasteiger partial charge < -0.3 is 0 Å². The van der Waals surface area contributed by atoms with E-state index in [0.29, 0.717) is 0 Å². The summed E-state index contributed by atoms with van der Waals surface area (Å²) in [6.07, 6.45) is -15.2. The van der Waals surface area contributed by atoms with Gasteiger partial charge in [-0.05, 0) is 7.05 Å². The number of rotatable bonds is 6. The lowest BCUT2D eigenvalue weighted by atomic mass is 10.0. The van der Waals surface area contributed by atoms with Gasteiger partial charge in [0.05, 0.1) is 0 Å². The van der Waals surface area contributed by atoms with Crippen LogP contribution in [0.15, 0.2) is 0 Å². The van der Waals surface area contributed by atoms with Crippen molar-refractivity contribution in [2.45, 2.75) is 48.1 Å². The van der Waals surface area contributed by atoms with Gasteiger partial charge in [0.15, 0.2) is 0 Å². The van der Waals surface area contributed by atoms with E-state index in [4.69, 9.17) is 0 Å². The molecular weight excluding hydrogens is 464 g/mol. The van der Waals surface area contributed by atoms with E-state index in [-0.39, 0.29) is 0 Å².